The molecule has 0 aliphatic carbocycles. The molecule has 1 saturated heterocycles. The highest BCUT2D eigenvalue weighted by molar-refractivity contribution is 7.15. The molecule has 6 heteroatoms. The molecule has 0 atom stereocenters. The third-order valence-electron chi connectivity index (χ3n) is 11.6. The number of thiophene rings is 2. The Hall–Kier alpha value is -5.66. The summed E-state index contributed by atoms with van der Waals surface area (Å²) >= 11 is 3.60. The molecule has 6 aromatic carbocycles. The van der Waals surface area contributed by atoms with Crippen LogP contribution in [0.1, 0.15) is 47.0 Å². The Kier molecular flexibility index (Phi) is 10.9. The standard InChI is InChI=1S/C22H14BNS.C22H17NS.C9H19N/c1-4-10-18-15(7-1)16-8-3-6-12-20(16)24-21-13-14-25-22(21)17-9-2-5-11-19(17)23(18)24;1-3-9-17(10-4-1)19-13-7-8-14-20(19)23-21-15-16-24-22(21)18-11-5-2-6-12-18;1-8(2)6-5-7-9(3,4)10-8/h1-14H;1-16,23H;10H,5-7H2,1-4H3. The fraction of sp³-hybridized carbons (Fsp3) is 0.170. The molecule has 3 aliphatic rings. The number of nitrogens with one attached hydrogen (secondary N) is 2. The van der Waals surface area contributed by atoms with Crippen molar-refractivity contribution in [3.63, 3.8) is 0 Å². The van der Waals surface area contributed by atoms with Gasteiger partial charge in [0, 0.05) is 39.3 Å². The average molecular weight is 804 g/mol. The molecule has 0 saturated carbocycles. The van der Waals surface area contributed by atoms with E-state index in [1.54, 1.807) is 11.3 Å². The highest BCUT2D eigenvalue weighted by Crippen LogP contribution is 2.47. The lowest BCUT2D eigenvalue weighted by Gasteiger charge is -2.42. The zero-order chi connectivity index (χ0) is 40.4. The first kappa shape index (κ1) is 38.8. The van der Waals surface area contributed by atoms with Crippen molar-refractivity contribution >= 4 is 63.2 Å². The first-order valence-electron chi connectivity index (χ1n) is 20.7. The summed E-state index contributed by atoms with van der Waals surface area (Å²) in [7, 11) is 0. The van der Waals surface area contributed by atoms with Crippen LogP contribution < -0.4 is 26.4 Å². The van der Waals surface area contributed by atoms with Gasteiger partial charge in [-0.2, -0.15) is 0 Å². The second-order valence-corrected chi connectivity index (χ2v) is 18.7. The predicted molar refractivity (Wildman–Crippen MR) is 259 cm³/mol. The molecule has 2 N–H and O–H groups in total. The number of piperidine rings is 1. The third kappa shape index (κ3) is 8.05. The van der Waals surface area contributed by atoms with Gasteiger partial charge in [-0.15, -0.1) is 22.7 Å². The van der Waals surface area contributed by atoms with Crippen LogP contribution in [-0.4, -0.2) is 17.9 Å². The van der Waals surface area contributed by atoms with Gasteiger partial charge in [-0.05, 0) is 115 Å². The van der Waals surface area contributed by atoms with Crippen molar-refractivity contribution in [3.8, 4) is 43.1 Å². The second-order valence-electron chi connectivity index (χ2n) is 16.9. The second kappa shape index (κ2) is 16.5. The van der Waals surface area contributed by atoms with Gasteiger partial charge in [-0.1, -0.05) is 146 Å². The molecule has 59 heavy (non-hydrogen) atoms. The smallest absolute Gasteiger partial charge is 0.329 e. The van der Waals surface area contributed by atoms with Crippen LogP contribution in [0, 0.1) is 0 Å². The average Bonchev–Trinajstić information content (AvgIpc) is 3.95. The first-order valence-corrected chi connectivity index (χ1v) is 22.5. The van der Waals surface area contributed by atoms with Crippen molar-refractivity contribution in [2.75, 3.05) is 10.1 Å². The van der Waals surface area contributed by atoms with Crippen LogP contribution in [0.5, 0.6) is 0 Å². The first-order chi connectivity index (χ1) is 28.8. The van der Waals surface area contributed by atoms with Crippen LogP contribution in [0.4, 0.5) is 22.7 Å². The molecule has 0 bridgehead atoms. The Morgan fingerprint density at radius 2 is 1.00 bits per heavy atom. The maximum absolute atomic E-state index is 3.63. The zero-order valence-corrected chi connectivity index (χ0v) is 35.9. The lowest BCUT2D eigenvalue weighted by molar-refractivity contribution is 0.183. The summed E-state index contributed by atoms with van der Waals surface area (Å²) in [6.45, 7) is 9.38. The fourth-order valence-corrected chi connectivity index (χ4v) is 11.0. The number of rotatable bonds is 4. The molecule has 3 nitrogen and oxygen atoms in total. The normalized spacial score (nSPS) is 15.1. The monoisotopic (exact) mass is 803 g/mol. The number of hydrogen-bond donors (Lipinski definition) is 2. The predicted octanol–water partition coefficient (Wildman–Crippen LogP) is 13.8. The minimum atomic E-state index is 0.240. The molecule has 2 aromatic heterocycles. The molecular formula is C53H50BN3S2. The van der Waals surface area contributed by atoms with Crippen LogP contribution in [0.25, 0.3) is 43.1 Å². The van der Waals surface area contributed by atoms with Crippen LogP contribution in [0.3, 0.4) is 0 Å². The van der Waals surface area contributed by atoms with Gasteiger partial charge in [-0.25, -0.2) is 0 Å². The van der Waals surface area contributed by atoms with E-state index in [1.807, 2.05) is 17.4 Å². The lowest BCUT2D eigenvalue weighted by atomic mass is 9.43. The van der Waals surface area contributed by atoms with Gasteiger partial charge < -0.3 is 15.4 Å². The third-order valence-corrected chi connectivity index (χ3v) is 13.5. The summed E-state index contributed by atoms with van der Waals surface area (Å²) < 4.78 is 0. The molecule has 292 valence electrons. The Balaban J connectivity index is 0.000000124. The van der Waals surface area contributed by atoms with Crippen molar-refractivity contribution < 1.29 is 0 Å². The van der Waals surface area contributed by atoms with E-state index in [-0.39, 0.29) is 6.85 Å². The molecule has 11 rings (SSSR count). The van der Waals surface area contributed by atoms with E-state index in [1.165, 1.54) is 84.7 Å². The molecule has 0 spiro atoms. The van der Waals surface area contributed by atoms with Gasteiger partial charge in [-0.3, -0.25) is 0 Å². The molecule has 0 unspecified atom stereocenters. The quantitative estimate of drug-likeness (QED) is 0.174. The summed E-state index contributed by atoms with van der Waals surface area (Å²) in [4.78, 5) is 5.17. The number of benzene rings is 6. The Morgan fingerprint density at radius 3 is 1.68 bits per heavy atom. The van der Waals surface area contributed by atoms with E-state index in [0.29, 0.717) is 11.1 Å². The van der Waals surface area contributed by atoms with Crippen molar-refractivity contribution in [2.45, 2.75) is 58.0 Å². The fourth-order valence-electron chi connectivity index (χ4n) is 9.22. The molecule has 0 radical (unpaired) electrons. The number of anilines is 4. The van der Waals surface area contributed by atoms with Gasteiger partial charge >= 0.3 is 6.85 Å². The van der Waals surface area contributed by atoms with Crippen molar-refractivity contribution in [2.24, 2.45) is 0 Å². The SMILES string of the molecule is CC1(C)CCCC(C)(C)N1.c1ccc(-c2ccccc2Nc2ccsc2-c2ccccc2)cc1.c1ccc2c(c1)B1c3ccccc3-c3sccc3N1c1ccccc1-2. The highest BCUT2D eigenvalue weighted by atomic mass is 32.1. The molecular weight excluding hydrogens is 754 g/mol. The van der Waals surface area contributed by atoms with E-state index >= 15 is 0 Å². The molecule has 8 aromatic rings. The Bertz CT molecular complexity index is 2670. The van der Waals surface area contributed by atoms with Gasteiger partial charge in [0.25, 0.3) is 0 Å². The van der Waals surface area contributed by atoms with Gasteiger partial charge in [0.2, 0.25) is 0 Å². The molecule has 1 fully saturated rings. The van der Waals surface area contributed by atoms with E-state index < -0.39 is 0 Å². The van der Waals surface area contributed by atoms with Crippen LogP contribution in [-0.2, 0) is 0 Å². The number of nitrogens with zero attached hydrogens (tertiary/aromatic N) is 1. The minimum Gasteiger partial charge on any atom is -0.375 e. The van der Waals surface area contributed by atoms with E-state index in [4.69, 9.17) is 0 Å². The maximum Gasteiger partial charge on any atom is 0.329 e. The topological polar surface area (TPSA) is 27.3 Å². The van der Waals surface area contributed by atoms with E-state index in [2.05, 4.69) is 218 Å². The van der Waals surface area contributed by atoms with Crippen LogP contribution >= 0.6 is 22.7 Å². The largest absolute Gasteiger partial charge is 0.375 e. The molecule has 5 heterocycles. The highest BCUT2D eigenvalue weighted by Gasteiger charge is 2.42. The van der Waals surface area contributed by atoms with Crippen molar-refractivity contribution in [1.29, 1.82) is 0 Å². The molecule has 0 amide bonds. The van der Waals surface area contributed by atoms with Gasteiger partial charge in [0.05, 0.1) is 15.4 Å². The summed E-state index contributed by atoms with van der Waals surface area (Å²) in [6.07, 6.45) is 4.00. The van der Waals surface area contributed by atoms with Crippen molar-refractivity contribution in [3.05, 3.63) is 181 Å². The minimum absolute atomic E-state index is 0.240. The number of para-hydroxylation sites is 2. The number of fused-ring (bicyclic) bond motifs is 11. The summed E-state index contributed by atoms with van der Waals surface area (Å²) in [5.41, 5.74) is 16.2. The van der Waals surface area contributed by atoms with Crippen LogP contribution in [0.2, 0.25) is 0 Å². The Labute approximate surface area is 358 Å². The summed E-state index contributed by atoms with van der Waals surface area (Å²) in [5, 5.41) is 11.6. The van der Waals surface area contributed by atoms with Gasteiger partial charge in [0.15, 0.2) is 0 Å². The molecule has 3 aliphatic heterocycles. The Morgan fingerprint density at radius 1 is 0.475 bits per heavy atom. The number of hydrogen-bond acceptors (Lipinski definition) is 5. The van der Waals surface area contributed by atoms with Crippen molar-refractivity contribution in [1.82, 2.24) is 5.32 Å². The summed E-state index contributed by atoms with van der Waals surface area (Å²) in [5.74, 6) is 0. The summed E-state index contributed by atoms with van der Waals surface area (Å²) in [6, 6.07) is 60.4. The zero-order valence-electron chi connectivity index (χ0n) is 34.3. The van der Waals surface area contributed by atoms with Gasteiger partial charge in [0.1, 0.15) is 0 Å². The van der Waals surface area contributed by atoms with E-state index in [0.717, 1.165) is 11.4 Å². The lowest BCUT2D eigenvalue weighted by Crippen LogP contribution is -2.59. The maximum atomic E-state index is 3.63. The van der Waals surface area contributed by atoms with Crippen LogP contribution in [0.15, 0.2) is 181 Å². The van der Waals surface area contributed by atoms with E-state index in [9.17, 15) is 0 Å².